The number of aliphatic carboxylic acids is 1. The Kier molecular flexibility index (Phi) is 3.30. The van der Waals surface area contributed by atoms with Gasteiger partial charge >= 0.3 is 5.97 Å². The Balaban J connectivity index is 2.33. The minimum atomic E-state index is -0.789. The van der Waals surface area contributed by atoms with Crippen LogP contribution in [0.4, 0.5) is 5.69 Å². The first-order chi connectivity index (χ1) is 8.38. The van der Waals surface area contributed by atoms with Gasteiger partial charge in [0.05, 0.1) is 11.5 Å². The van der Waals surface area contributed by atoms with Gasteiger partial charge in [-0.25, -0.2) is 0 Å². The van der Waals surface area contributed by atoms with E-state index in [0.717, 1.165) is 11.3 Å². The number of rotatable bonds is 3. The van der Waals surface area contributed by atoms with Crippen LogP contribution in [0.1, 0.15) is 31.7 Å². The topological polar surface area (TPSA) is 60.8 Å². The minimum absolute atomic E-state index is 0.431. The number of anilines is 1. The maximum atomic E-state index is 11.2. The molecule has 0 bridgehead atoms. The molecule has 0 spiro atoms. The first kappa shape index (κ1) is 12.9. The zero-order valence-electron chi connectivity index (χ0n) is 10.8. The molecule has 2 rings (SSSR count). The fourth-order valence-electron chi connectivity index (χ4n) is 2.52. The third kappa shape index (κ3) is 2.64. The van der Waals surface area contributed by atoms with Crippen molar-refractivity contribution in [1.82, 2.24) is 0 Å². The highest BCUT2D eigenvalue weighted by atomic mass is 16.4. The number of carboxylic acid groups (broad SMARTS) is 1. The van der Waals surface area contributed by atoms with Gasteiger partial charge in [-0.15, -0.1) is 0 Å². The summed E-state index contributed by atoms with van der Waals surface area (Å²) in [4.78, 5) is 13.3. The molecule has 1 aliphatic rings. The summed E-state index contributed by atoms with van der Waals surface area (Å²) in [7, 11) is 0. The van der Waals surface area contributed by atoms with Crippen LogP contribution < -0.4 is 4.90 Å². The molecule has 0 aliphatic carbocycles. The molecule has 2 N–H and O–H groups in total. The van der Waals surface area contributed by atoms with Crippen molar-refractivity contribution in [2.45, 2.75) is 31.8 Å². The maximum Gasteiger partial charge on any atom is 0.311 e. The first-order valence-corrected chi connectivity index (χ1v) is 6.17. The van der Waals surface area contributed by atoms with Gasteiger partial charge in [-0.3, -0.25) is 4.79 Å². The SMILES string of the molecule is CC(C)(O)CN1CCC(C(=O)O)c2ccccc21. The number of hydrogen-bond acceptors (Lipinski definition) is 3. The Bertz CT molecular complexity index is 451. The molecule has 0 radical (unpaired) electrons. The summed E-state index contributed by atoms with van der Waals surface area (Å²) in [5.74, 6) is -1.20. The molecule has 0 amide bonds. The van der Waals surface area contributed by atoms with Gasteiger partial charge in [0, 0.05) is 18.8 Å². The Morgan fingerprint density at radius 3 is 2.72 bits per heavy atom. The normalized spacial score (nSPS) is 19.5. The van der Waals surface area contributed by atoms with Crippen molar-refractivity contribution < 1.29 is 15.0 Å². The van der Waals surface area contributed by atoms with E-state index in [4.69, 9.17) is 0 Å². The van der Waals surface area contributed by atoms with Crippen molar-refractivity contribution in [2.75, 3.05) is 18.0 Å². The van der Waals surface area contributed by atoms with Crippen LogP contribution >= 0.6 is 0 Å². The van der Waals surface area contributed by atoms with Gasteiger partial charge in [0.25, 0.3) is 0 Å². The monoisotopic (exact) mass is 249 g/mol. The Morgan fingerprint density at radius 2 is 2.11 bits per heavy atom. The summed E-state index contributed by atoms with van der Waals surface area (Å²) in [6, 6.07) is 7.56. The summed E-state index contributed by atoms with van der Waals surface area (Å²) in [5.41, 5.74) is 0.988. The average Bonchev–Trinajstić information content (AvgIpc) is 2.27. The summed E-state index contributed by atoms with van der Waals surface area (Å²) >= 11 is 0. The molecule has 0 fully saturated rings. The average molecular weight is 249 g/mol. The molecular formula is C14H19NO3. The fraction of sp³-hybridized carbons (Fsp3) is 0.500. The largest absolute Gasteiger partial charge is 0.481 e. The lowest BCUT2D eigenvalue weighted by Crippen LogP contribution is -2.42. The Hall–Kier alpha value is -1.55. The minimum Gasteiger partial charge on any atom is -0.481 e. The molecule has 0 saturated heterocycles. The number of benzene rings is 1. The Morgan fingerprint density at radius 1 is 1.44 bits per heavy atom. The summed E-state index contributed by atoms with van der Waals surface area (Å²) < 4.78 is 0. The lowest BCUT2D eigenvalue weighted by molar-refractivity contribution is -0.139. The predicted molar refractivity (Wildman–Crippen MR) is 69.9 cm³/mol. The van der Waals surface area contributed by atoms with Gasteiger partial charge in [-0.2, -0.15) is 0 Å². The molecule has 4 heteroatoms. The van der Waals surface area contributed by atoms with E-state index in [1.807, 2.05) is 24.3 Å². The van der Waals surface area contributed by atoms with E-state index >= 15 is 0 Å². The van der Waals surface area contributed by atoms with Crippen LogP contribution in [0.3, 0.4) is 0 Å². The van der Waals surface area contributed by atoms with Crippen LogP contribution in [0, 0.1) is 0 Å². The van der Waals surface area contributed by atoms with E-state index in [-0.39, 0.29) is 0 Å². The van der Waals surface area contributed by atoms with Gasteiger partial charge in [0.2, 0.25) is 0 Å². The smallest absolute Gasteiger partial charge is 0.311 e. The summed E-state index contributed by atoms with van der Waals surface area (Å²) in [6.45, 7) is 4.70. The van der Waals surface area contributed by atoms with Gasteiger partial charge < -0.3 is 15.1 Å². The zero-order chi connectivity index (χ0) is 13.3. The van der Waals surface area contributed by atoms with Crippen LogP contribution in [0.15, 0.2) is 24.3 Å². The molecule has 1 atom stereocenters. The lowest BCUT2D eigenvalue weighted by atomic mass is 9.89. The molecule has 4 nitrogen and oxygen atoms in total. The van der Waals surface area contributed by atoms with Crippen molar-refractivity contribution in [3.63, 3.8) is 0 Å². The number of carbonyl (C=O) groups is 1. The molecule has 1 aliphatic heterocycles. The molecular weight excluding hydrogens is 230 g/mol. The molecule has 1 aromatic rings. The van der Waals surface area contributed by atoms with E-state index in [2.05, 4.69) is 4.90 Å². The zero-order valence-corrected chi connectivity index (χ0v) is 10.8. The van der Waals surface area contributed by atoms with Crippen LogP contribution in [-0.4, -0.2) is 34.9 Å². The highest BCUT2D eigenvalue weighted by molar-refractivity contribution is 5.80. The molecule has 18 heavy (non-hydrogen) atoms. The second-order valence-corrected chi connectivity index (χ2v) is 5.47. The number of carboxylic acids is 1. The van der Waals surface area contributed by atoms with Crippen molar-refractivity contribution in [3.8, 4) is 0 Å². The molecule has 1 heterocycles. The van der Waals surface area contributed by atoms with E-state index in [9.17, 15) is 15.0 Å². The van der Waals surface area contributed by atoms with Gasteiger partial charge in [0.15, 0.2) is 0 Å². The van der Waals surface area contributed by atoms with Crippen molar-refractivity contribution in [2.24, 2.45) is 0 Å². The van der Waals surface area contributed by atoms with Crippen molar-refractivity contribution >= 4 is 11.7 Å². The third-order valence-electron chi connectivity index (χ3n) is 3.22. The van der Waals surface area contributed by atoms with Gasteiger partial charge in [-0.1, -0.05) is 18.2 Å². The number of para-hydroxylation sites is 1. The number of aliphatic hydroxyl groups is 1. The van der Waals surface area contributed by atoms with Gasteiger partial charge in [-0.05, 0) is 31.9 Å². The third-order valence-corrected chi connectivity index (χ3v) is 3.22. The molecule has 1 unspecified atom stereocenters. The highest BCUT2D eigenvalue weighted by Crippen LogP contribution is 2.35. The van der Waals surface area contributed by atoms with E-state index < -0.39 is 17.5 Å². The second kappa shape index (κ2) is 4.61. The first-order valence-electron chi connectivity index (χ1n) is 6.17. The molecule has 98 valence electrons. The van der Waals surface area contributed by atoms with Crippen LogP contribution in [0.5, 0.6) is 0 Å². The second-order valence-electron chi connectivity index (χ2n) is 5.47. The number of hydrogen-bond donors (Lipinski definition) is 2. The Labute approximate surface area is 107 Å². The lowest BCUT2D eigenvalue weighted by Gasteiger charge is -2.37. The number of fused-ring (bicyclic) bond motifs is 1. The van der Waals surface area contributed by atoms with Crippen LogP contribution in [0.2, 0.25) is 0 Å². The predicted octanol–water partition coefficient (Wildman–Crippen LogP) is 1.84. The molecule has 0 saturated carbocycles. The fourth-order valence-corrected chi connectivity index (χ4v) is 2.52. The number of β-amino-alcohol motifs (C(OH)–C–C–N with tert-alkyl or cyclic N) is 1. The van der Waals surface area contributed by atoms with Gasteiger partial charge in [0.1, 0.15) is 0 Å². The standard InChI is InChI=1S/C14H19NO3/c1-14(2,18)9-15-8-7-11(13(16)17)10-5-3-4-6-12(10)15/h3-6,11,18H,7-9H2,1-2H3,(H,16,17). The van der Waals surface area contributed by atoms with E-state index in [1.54, 1.807) is 13.8 Å². The maximum absolute atomic E-state index is 11.2. The quantitative estimate of drug-likeness (QED) is 0.858. The van der Waals surface area contributed by atoms with Crippen LogP contribution in [0.25, 0.3) is 0 Å². The van der Waals surface area contributed by atoms with Crippen molar-refractivity contribution in [1.29, 1.82) is 0 Å². The summed E-state index contributed by atoms with van der Waals surface area (Å²) in [6.07, 6.45) is 0.586. The highest BCUT2D eigenvalue weighted by Gasteiger charge is 2.31. The van der Waals surface area contributed by atoms with E-state index in [0.29, 0.717) is 19.5 Å². The van der Waals surface area contributed by atoms with Crippen LogP contribution in [-0.2, 0) is 4.79 Å². The van der Waals surface area contributed by atoms with E-state index in [1.165, 1.54) is 0 Å². The summed E-state index contributed by atoms with van der Waals surface area (Å²) in [5, 5.41) is 19.1. The number of nitrogens with zero attached hydrogens (tertiary/aromatic N) is 1. The molecule has 0 aromatic heterocycles. The van der Waals surface area contributed by atoms with Crippen molar-refractivity contribution in [3.05, 3.63) is 29.8 Å². The molecule has 1 aromatic carbocycles.